The average molecular weight is 274 g/mol. The van der Waals surface area contributed by atoms with Gasteiger partial charge in [-0.1, -0.05) is 30.7 Å². The lowest BCUT2D eigenvalue weighted by molar-refractivity contribution is 0.240. The Morgan fingerprint density at radius 3 is 2.90 bits per heavy atom. The molecule has 0 radical (unpaired) electrons. The van der Waals surface area contributed by atoms with Crippen molar-refractivity contribution in [3.63, 3.8) is 0 Å². The number of hydrogen-bond acceptors (Lipinski definition) is 1. The van der Waals surface area contributed by atoms with Crippen molar-refractivity contribution in [1.82, 2.24) is 10.6 Å². The van der Waals surface area contributed by atoms with Gasteiger partial charge in [0.25, 0.3) is 0 Å². The molecule has 20 heavy (non-hydrogen) atoms. The first-order chi connectivity index (χ1) is 9.70. The average Bonchev–Trinajstić information content (AvgIpc) is 2.45. The van der Waals surface area contributed by atoms with E-state index >= 15 is 0 Å². The van der Waals surface area contributed by atoms with Crippen LogP contribution in [0.3, 0.4) is 0 Å². The van der Waals surface area contributed by atoms with Crippen molar-refractivity contribution >= 4 is 6.03 Å². The van der Waals surface area contributed by atoms with Crippen LogP contribution in [0, 0.1) is 6.92 Å². The molecule has 0 heterocycles. The van der Waals surface area contributed by atoms with Gasteiger partial charge in [-0.2, -0.15) is 0 Å². The molecular weight excluding hydrogens is 248 g/mol. The molecule has 0 saturated carbocycles. The van der Waals surface area contributed by atoms with Gasteiger partial charge < -0.3 is 10.6 Å². The monoisotopic (exact) mass is 274 g/mol. The minimum absolute atomic E-state index is 0.0351. The Hall–Kier alpha value is -1.51. The summed E-state index contributed by atoms with van der Waals surface area (Å²) >= 11 is 0. The maximum atomic E-state index is 11.5. The highest BCUT2D eigenvalue weighted by molar-refractivity contribution is 5.73. The van der Waals surface area contributed by atoms with Crippen LogP contribution in [0.1, 0.15) is 55.2 Å². The van der Waals surface area contributed by atoms with E-state index in [1.165, 1.54) is 36.0 Å². The lowest BCUT2D eigenvalue weighted by Gasteiger charge is -2.26. The van der Waals surface area contributed by atoms with Crippen LogP contribution < -0.4 is 10.6 Å². The topological polar surface area (TPSA) is 41.1 Å². The third-order valence-corrected chi connectivity index (χ3v) is 4.05. The van der Waals surface area contributed by atoms with Gasteiger partial charge in [-0.15, -0.1) is 0 Å². The van der Waals surface area contributed by atoms with Crippen LogP contribution in [0.4, 0.5) is 4.79 Å². The summed E-state index contributed by atoms with van der Waals surface area (Å²) in [4.78, 5) is 11.5. The number of hydrogen-bond donors (Lipinski definition) is 2. The number of carbonyl (C=O) groups excluding carboxylic acids is 1. The van der Waals surface area contributed by atoms with Gasteiger partial charge in [0.2, 0.25) is 0 Å². The van der Waals surface area contributed by atoms with Crippen molar-refractivity contribution in [2.45, 2.75) is 51.9 Å². The Labute approximate surface area is 122 Å². The first-order valence-electron chi connectivity index (χ1n) is 7.82. The fourth-order valence-corrected chi connectivity index (χ4v) is 2.98. The van der Waals surface area contributed by atoms with E-state index in [4.69, 9.17) is 0 Å². The molecule has 2 amide bonds. The Morgan fingerprint density at radius 1 is 1.30 bits per heavy atom. The third-order valence-electron chi connectivity index (χ3n) is 4.05. The molecular formula is C17H26N2O. The number of amides is 2. The van der Waals surface area contributed by atoms with Gasteiger partial charge in [0, 0.05) is 13.1 Å². The standard InChI is InChI=1S/C17H26N2O/c1-3-10-18-17(20)19-11-9-15-6-4-5-14-8-7-13(2)12-16(14)15/h7-8,12,15H,3-6,9-11H2,1-2H3,(H2,18,19,20). The van der Waals surface area contributed by atoms with Gasteiger partial charge in [0.15, 0.2) is 0 Å². The maximum Gasteiger partial charge on any atom is 0.314 e. The van der Waals surface area contributed by atoms with E-state index < -0.39 is 0 Å². The minimum Gasteiger partial charge on any atom is -0.338 e. The molecule has 1 aromatic carbocycles. The zero-order valence-corrected chi connectivity index (χ0v) is 12.7. The molecule has 1 aliphatic rings. The molecule has 0 spiro atoms. The number of rotatable bonds is 5. The van der Waals surface area contributed by atoms with Crippen molar-refractivity contribution in [2.75, 3.05) is 13.1 Å². The Bertz CT molecular complexity index is 456. The van der Waals surface area contributed by atoms with Crippen molar-refractivity contribution in [1.29, 1.82) is 0 Å². The van der Waals surface area contributed by atoms with Crippen LogP contribution in [-0.4, -0.2) is 19.1 Å². The molecule has 3 nitrogen and oxygen atoms in total. The second-order valence-corrected chi connectivity index (χ2v) is 5.76. The smallest absolute Gasteiger partial charge is 0.314 e. The van der Waals surface area contributed by atoms with Gasteiger partial charge >= 0.3 is 6.03 Å². The highest BCUT2D eigenvalue weighted by atomic mass is 16.2. The molecule has 1 atom stereocenters. The molecule has 0 saturated heterocycles. The lowest BCUT2D eigenvalue weighted by Crippen LogP contribution is -2.36. The Morgan fingerprint density at radius 2 is 2.10 bits per heavy atom. The van der Waals surface area contributed by atoms with Crippen molar-refractivity contribution in [3.05, 3.63) is 34.9 Å². The number of carbonyl (C=O) groups is 1. The lowest BCUT2D eigenvalue weighted by atomic mass is 9.80. The predicted octanol–water partition coefficient (Wildman–Crippen LogP) is 3.51. The summed E-state index contributed by atoms with van der Waals surface area (Å²) in [5.41, 5.74) is 4.35. The Kier molecular flexibility index (Phi) is 5.45. The number of urea groups is 1. The predicted molar refractivity (Wildman–Crippen MR) is 83.2 cm³/mol. The largest absolute Gasteiger partial charge is 0.338 e. The molecule has 0 aromatic heterocycles. The van der Waals surface area contributed by atoms with Gasteiger partial charge in [-0.3, -0.25) is 0 Å². The first-order valence-corrected chi connectivity index (χ1v) is 7.82. The Balaban J connectivity index is 1.86. The van der Waals surface area contributed by atoms with Crippen LogP contribution in [0.25, 0.3) is 0 Å². The van der Waals surface area contributed by atoms with Crippen LogP contribution in [0.5, 0.6) is 0 Å². The maximum absolute atomic E-state index is 11.5. The van der Waals surface area contributed by atoms with Crippen molar-refractivity contribution in [2.24, 2.45) is 0 Å². The molecule has 1 unspecified atom stereocenters. The zero-order valence-electron chi connectivity index (χ0n) is 12.7. The molecule has 0 bridgehead atoms. The molecule has 110 valence electrons. The number of benzene rings is 1. The van der Waals surface area contributed by atoms with Gasteiger partial charge in [-0.05, 0) is 56.1 Å². The number of aryl methyl sites for hydroxylation is 2. The first kappa shape index (κ1) is 14.9. The quantitative estimate of drug-likeness (QED) is 0.847. The van der Waals surface area contributed by atoms with Crippen LogP contribution in [-0.2, 0) is 6.42 Å². The second-order valence-electron chi connectivity index (χ2n) is 5.76. The molecule has 3 heteroatoms. The molecule has 0 fully saturated rings. The fraction of sp³-hybridized carbons (Fsp3) is 0.588. The van der Waals surface area contributed by atoms with Crippen molar-refractivity contribution < 1.29 is 4.79 Å². The highest BCUT2D eigenvalue weighted by Gasteiger charge is 2.19. The summed E-state index contributed by atoms with van der Waals surface area (Å²) in [5, 5.41) is 5.81. The second kappa shape index (κ2) is 7.32. The van der Waals surface area contributed by atoms with Gasteiger partial charge in [0.1, 0.15) is 0 Å². The van der Waals surface area contributed by atoms with E-state index in [1.54, 1.807) is 0 Å². The van der Waals surface area contributed by atoms with E-state index in [9.17, 15) is 4.79 Å². The van der Waals surface area contributed by atoms with E-state index in [0.717, 1.165) is 25.9 Å². The van der Waals surface area contributed by atoms with Gasteiger partial charge in [0.05, 0.1) is 0 Å². The molecule has 2 N–H and O–H groups in total. The molecule has 0 aliphatic heterocycles. The zero-order chi connectivity index (χ0) is 14.4. The fourth-order valence-electron chi connectivity index (χ4n) is 2.98. The summed E-state index contributed by atoms with van der Waals surface area (Å²) in [6, 6.07) is 6.78. The van der Waals surface area contributed by atoms with E-state index in [-0.39, 0.29) is 6.03 Å². The van der Waals surface area contributed by atoms with Crippen LogP contribution >= 0.6 is 0 Å². The third kappa shape index (κ3) is 3.99. The van der Waals surface area contributed by atoms with E-state index in [2.05, 4.69) is 42.7 Å². The summed E-state index contributed by atoms with van der Waals surface area (Å²) in [5.74, 6) is 0.602. The van der Waals surface area contributed by atoms with Crippen LogP contribution in [0.2, 0.25) is 0 Å². The van der Waals surface area contributed by atoms with E-state index in [0.29, 0.717) is 5.92 Å². The molecule has 1 aliphatic carbocycles. The molecule has 1 aromatic rings. The summed E-state index contributed by atoms with van der Waals surface area (Å²) in [6.45, 7) is 5.72. The molecule has 2 rings (SSSR count). The van der Waals surface area contributed by atoms with E-state index in [1.807, 2.05) is 0 Å². The highest BCUT2D eigenvalue weighted by Crippen LogP contribution is 2.34. The number of nitrogens with one attached hydrogen (secondary N) is 2. The summed E-state index contributed by atoms with van der Waals surface area (Å²) in [6.07, 6.45) is 5.73. The summed E-state index contributed by atoms with van der Waals surface area (Å²) < 4.78 is 0. The minimum atomic E-state index is -0.0351. The van der Waals surface area contributed by atoms with Gasteiger partial charge in [-0.25, -0.2) is 4.79 Å². The normalized spacial score (nSPS) is 17.4. The number of fused-ring (bicyclic) bond motifs is 1. The van der Waals surface area contributed by atoms with Crippen LogP contribution in [0.15, 0.2) is 18.2 Å². The summed E-state index contributed by atoms with van der Waals surface area (Å²) in [7, 11) is 0. The van der Waals surface area contributed by atoms with Crippen molar-refractivity contribution in [3.8, 4) is 0 Å². The SMILES string of the molecule is CCCNC(=O)NCCC1CCCc2ccc(C)cc21.